The number of rotatable bonds is 5. The summed E-state index contributed by atoms with van der Waals surface area (Å²) in [6.07, 6.45) is 5.19. The lowest BCUT2D eigenvalue weighted by atomic mass is 10.1. The molecule has 2 heterocycles. The average Bonchev–Trinajstić information content (AvgIpc) is 3.17. The average molecular weight is 361 g/mol. The SMILES string of the molecule is CCS(=O)(=O)N1CCC(NC(=O)c2ccc(-n3cccc3)cc2)CC1. The van der Waals surface area contributed by atoms with E-state index in [0.29, 0.717) is 31.5 Å². The quantitative estimate of drug-likeness (QED) is 0.886. The van der Waals surface area contributed by atoms with Gasteiger partial charge in [0.15, 0.2) is 0 Å². The third-order valence-corrected chi connectivity index (χ3v) is 6.46. The molecular weight excluding hydrogens is 338 g/mol. The van der Waals surface area contributed by atoms with Gasteiger partial charge in [0, 0.05) is 42.8 Å². The fourth-order valence-electron chi connectivity index (χ4n) is 3.02. The Balaban J connectivity index is 1.56. The highest BCUT2D eigenvalue weighted by molar-refractivity contribution is 7.89. The summed E-state index contributed by atoms with van der Waals surface area (Å²) in [5.41, 5.74) is 1.61. The van der Waals surface area contributed by atoms with Crippen molar-refractivity contribution in [1.82, 2.24) is 14.2 Å². The van der Waals surface area contributed by atoms with Gasteiger partial charge < -0.3 is 9.88 Å². The van der Waals surface area contributed by atoms with Crippen LogP contribution >= 0.6 is 0 Å². The van der Waals surface area contributed by atoms with Crippen molar-refractivity contribution in [2.24, 2.45) is 0 Å². The lowest BCUT2D eigenvalue weighted by molar-refractivity contribution is 0.0924. The molecule has 1 aromatic carbocycles. The van der Waals surface area contributed by atoms with E-state index < -0.39 is 10.0 Å². The molecule has 134 valence electrons. The highest BCUT2D eigenvalue weighted by Gasteiger charge is 2.27. The molecule has 6 nitrogen and oxygen atoms in total. The van der Waals surface area contributed by atoms with Crippen LogP contribution in [-0.2, 0) is 10.0 Å². The predicted octanol–water partition coefficient (Wildman–Crippen LogP) is 2.02. The number of hydrogen-bond acceptors (Lipinski definition) is 3. The van der Waals surface area contributed by atoms with Gasteiger partial charge >= 0.3 is 0 Å². The van der Waals surface area contributed by atoms with Gasteiger partial charge in [0.1, 0.15) is 0 Å². The third-order valence-electron chi connectivity index (χ3n) is 4.58. The number of carbonyl (C=O) groups excluding carboxylic acids is 1. The van der Waals surface area contributed by atoms with Gasteiger partial charge in [-0.05, 0) is 56.2 Å². The molecule has 0 saturated carbocycles. The predicted molar refractivity (Wildman–Crippen MR) is 97.3 cm³/mol. The van der Waals surface area contributed by atoms with Crippen LogP contribution in [0, 0.1) is 0 Å². The van der Waals surface area contributed by atoms with E-state index in [-0.39, 0.29) is 17.7 Å². The Morgan fingerprint density at radius 3 is 2.28 bits per heavy atom. The van der Waals surface area contributed by atoms with Gasteiger partial charge in [0.25, 0.3) is 5.91 Å². The maximum atomic E-state index is 12.4. The lowest BCUT2D eigenvalue weighted by Crippen LogP contribution is -2.46. The molecule has 7 heteroatoms. The maximum absolute atomic E-state index is 12.4. The van der Waals surface area contributed by atoms with E-state index in [9.17, 15) is 13.2 Å². The standard InChI is InChI=1S/C18H23N3O3S/c1-2-25(23,24)21-13-9-16(10-14-21)19-18(22)15-5-7-17(8-6-15)20-11-3-4-12-20/h3-8,11-12,16H,2,9-10,13-14H2,1H3,(H,19,22). The third kappa shape index (κ3) is 4.11. The van der Waals surface area contributed by atoms with Crippen LogP contribution < -0.4 is 5.32 Å². The number of sulfonamides is 1. The minimum absolute atomic E-state index is 0.0138. The van der Waals surface area contributed by atoms with Gasteiger partial charge in [-0.1, -0.05) is 0 Å². The summed E-state index contributed by atoms with van der Waals surface area (Å²) in [5, 5.41) is 3.01. The lowest BCUT2D eigenvalue weighted by Gasteiger charge is -2.31. The van der Waals surface area contributed by atoms with E-state index in [0.717, 1.165) is 5.69 Å². The minimum Gasteiger partial charge on any atom is -0.349 e. The first kappa shape index (κ1) is 17.7. The highest BCUT2D eigenvalue weighted by atomic mass is 32.2. The van der Waals surface area contributed by atoms with E-state index in [1.165, 1.54) is 4.31 Å². The second kappa shape index (κ2) is 7.41. The first-order valence-corrected chi connectivity index (χ1v) is 10.1. The molecule has 0 atom stereocenters. The number of piperidine rings is 1. The Morgan fingerprint density at radius 2 is 1.72 bits per heavy atom. The Bertz CT molecular complexity index is 806. The van der Waals surface area contributed by atoms with Crippen molar-refractivity contribution in [3.05, 3.63) is 54.4 Å². The molecule has 1 amide bonds. The number of benzene rings is 1. The van der Waals surface area contributed by atoms with Crippen LogP contribution in [0.2, 0.25) is 0 Å². The van der Waals surface area contributed by atoms with Gasteiger partial charge in [-0.15, -0.1) is 0 Å². The van der Waals surface area contributed by atoms with Crippen molar-refractivity contribution in [2.75, 3.05) is 18.8 Å². The molecule has 0 bridgehead atoms. The topological polar surface area (TPSA) is 71.4 Å². The summed E-state index contributed by atoms with van der Waals surface area (Å²) < 4.78 is 27.2. The van der Waals surface area contributed by atoms with Crippen molar-refractivity contribution in [1.29, 1.82) is 0 Å². The number of hydrogen-bond donors (Lipinski definition) is 1. The molecule has 1 aliphatic heterocycles. The van der Waals surface area contributed by atoms with Crippen molar-refractivity contribution in [3.8, 4) is 5.69 Å². The fourth-order valence-corrected chi connectivity index (χ4v) is 4.15. The smallest absolute Gasteiger partial charge is 0.251 e. The fraction of sp³-hybridized carbons (Fsp3) is 0.389. The second-order valence-corrected chi connectivity index (χ2v) is 8.44. The summed E-state index contributed by atoms with van der Waals surface area (Å²) in [4.78, 5) is 12.4. The van der Waals surface area contributed by atoms with Gasteiger partial charge in [-0.3, -0.25) is 4.79 Å². The molecule has 1 aliphatic rings. The molecule has 25 heavy (non-hydrogen) atoms. The summed E-state index contributed by atoms with van der Waals surface area (Å²) in [6, 6.07) is 11.3. The van der Waals surface area contributed by atoms with Crippen LogP contribution in [0.4, 0.5) is 0 Å². The molecule has 2 aromatic rings. The molecule has 1 fully saturated rings. The van der Waals surface area contributed by atoms with Crippen molar-refractivity contribution in [3.63, 3.8) is 0 Å². The first-order valence-electron chi connectivity index (χ1n) is 8.51. The van der Waals surface area contributed by atoms with Crippen molar-refractivity contribution in [2.45, 2.75) is 25.8 Å². The molecule has 1 aromatic heterocycles. The molecule has 3 rings (SSSR count). The first-order chi connectivity index (χ1) is 12.0. The van der Waals surface area contributed by atoms with Crippen LogP contribution in [0.5, 0.6) is 0 Å². The molecule has 1 N–H and O–H groups in total. The number of amides is 1. The zero-order valence-corrected chi connectivity index (χ0v) is 15.1. The molecule has 0 aliphatic carbocycles. The van der Waals surface area contributed by atoms with Gasteiger partial charge in [0.2, 0.25) is 10.0 Å². The molecule has 1 saturated heterocycles. The Morgan fingerprint density at radius 1 is 1.12 bits per heavy atom. The molecule has 0 radical (unpaired) electrons. The van der Waals surface area contributed by atoms with Crippen molar-refractivity contribution < 1.29 is 13.2 Å². The minimum atomic E-state index is -3.13. The number of nitrogens with one attached hydrogen (secondary N) is 1. The largest absolute Gasteiger partial charge is 0.349 e. The van der Waals surface area contributed by atoms with E-state index in [2.05, 4.69) is 5.32 Å². The number of aromatic nitrogens is 1. The second-order valence-electron chi connectivity index (χ2n) is 6.18. The number of nitrogens with zero attached hydrogens (tertiary/aromatic N) is 2. The van der Waals surface area contributed by atoms with Crippen LogP contribution in [0.3, 0.4) is 0 Å². The van der Waals surface area contributed by atoms with E-state index in [1.54, 1.807) is 19.1 Å². The summed E-state index contributed by atoms with van der Waals surface area (Å²) in [7, 11) is -3.13. The zero-order valence-electron chi connectivity index (χ0n) is 14.3. The van der Waals surface area contributed by atoms with Crippen molar-refractivity contribution >= 4 is 15.9 Å². The Hall–Kier alpha value is -2.12. The maximum Gasteiger partial charge on any atom is 0.251 e. The normalized spacial score (nSPS) is 16.7. The van der Waals surface area contributed by atoms with Crippen LogP contribution in [0.1, 0.15) is 30.1 Å². The molecule has 0 unspecified atom stereocenters. The highest BCUT2D eigenvalue weighted by Crippen LogP contribution is 2.16. The molecular formula is C18H23N3O3S. The Labute approximate surface area is 148 Å². The molecule has 0 spiro atoms. The Kier molecular flexibility index (Phi) is 5.24. The van der Waals surface area contributed by atoms with Crippen LogP contribution in [-0.4, -0.2) is 48.1 Å². The summed E-state index contributed by atoms with van der Waals surface area (Å²) in [5.74, 6) is 0.00784. The van der Waals surface area contributed by atoms with Crippen LogP contribution in [0.15, 0.2) is 48.8 Å². The zero-order chi connectivity index (χ0) is 17.9. The summed E-state index contributed by atoms with van der Waals surface area (Å²) >= 11 is 0. The van der Waals surface area contributed by atoms with E-state index in [1.807, 2.05) is 41.2 Å². The van der Waals surface area contributed by atoms with Gasteiger partial charge in [-0.2, -0.15) is 0 Å². The van der Waals surface area contributed by atoms with Gasteiger partial charge in [-0.25, -0.2) is 12.7 Å². The summed E-state index contributed by atoms with van der Waals surface area (Å²) in [6.45, 7) is 2.59. The van der Waals surface area contributed by atoms with Crippen LogP contribution in [0.25, 0.3) is 5.69 Å². The monoisotopic (exact) mass is 361 g/mol. The number of carbonyl (C=O) groups is 1. The van der Waals surface area contributed by atoms with Gasteiger partial charge in [0.05, 0.1) is 5.75 Å². The van der Waals surface area contributed by atoms with E-state index in [4.69, 9.17) is 0 Å². The van der Waals surface area contributed by atoms with E-state index >= 15 is 0 Å².